The lowest BCUT2D eigenvalue weighted by atomic mass is 9.81. The molecule has 0 saturated heterocycles. The zero-order valence-corrected chi connectivity index (χ0v) is 27.2. The second kappa shape index (κ2) is 14.4. The van der Waals surface area contributed by atoms with Crippen LogP contribution in [0.5, 0.6) is 0 Å². The first-order chi connectivity index (χ1) is 20.1. The second-order valence-electron chi connectivity index (χ2n) is 11.5. The Bertz CT molecular complexity index is 1360. The van der Waals surface area contributed by atoms with E-state index in [1.807, 2.05) is 0 Å². The van der Waals surface area contributed by atoms with Crippen LogP contribution in [0.3, 0.4) is 0 Å². The predicted octanol–water partition coefficient (Wildman–Crippen LogP) is 3.93. The van der Waals surface area contributed by atoms with Gasteiger partial charge in [-0.2, -0.15) is 0 Å². The van der Waals surface area contributed by atoms with Crippen molar-refractivity contribution in [3.8, 4) is 0 Å². The molecule has 15 heteroatoms. The highest BCUT2D eigenvalue weighted by molar-refractivity contribution is 7.13. The summed E-state index contributed by atoms with van der Waals surface area (Å²) in [6.07, 6.45) is 1.84. The maximum atomic E-state index is 13.4. The molecule has 0 aliphatic heterocycles. The van der Waals surface area contributed by atoms with Crippen molar-refractivity contribution in [2.45, 2.75) is 64.3 Å². The third-order valence-corrected chi connectivity index (χ3v) is 8.36. The summed E-state index contributed by atoms with van der Waals surface area (Å²) in [6.45, 7) is 5.41. The van der Waals surface area contributed by atoms with Gasteiger partial charge in [0.2, 0.25) is 5.91 Å². The first-order valence-electron chi connectivity index (χ1n) is 13.5. The van der Waals surface area contributed by atoms with Gasteiger partial charge < -0.3 is 30.5 Å². The van der Waals surface area contributed by atoms with Gasteiger partial charge in [0.25, 0.3) is 5.91 Å². The average molecular weight is 656 g/mol. The Kier molecular flexibility index (Phi) is 11.4. The summed E-state index contributed by atoms with van der Waals surface area (Å²) in [5.74, 6) is -2.70. The quantitative estimate of drug-likeness (QED) is 0.383. The first-order valence-corrected chi connectivity index (χ1v) is 15.1. The topological polar surface area (TPSA) is 150 Å². The molecule has 12 nitrogen and oxygen atoms in total. The van der Waals surface area contributed by atoms with Crippen molar-refractivity contribution < 1.29 is 28.7 Å². The van der Waals surface area contributed by atoms with E-state index in [2.05, 4.69) is 20.9 Å². The van der Waals surface area contributed by atoms with Gasteiger partial charge in [0.05, 0.1) is 22.6 Å². The molecule has 2 heterocycles. The largest absolute Gasteiger partial charge is 0.444 e. The van der Waals surface area contributed by atoms with E-state index in [-0.39, 0.29) is 34.6 Å². The molecular formula is C28H36Cl2N6O6S. The Morgan fingerprint density at radius 3 is 2.33 bits per heavy atom. The minimum Gasteiger partial charge on any atom is -0.444 e. The van der Waals surface area contributed by atoms with E-state index in [1.165, 1.54) is 28.1 Å². The standard InChI is InChI=1S/C28H36Cl2N6O6S/c1-28(2,3)42-27(41)36(6)13-16-14-43-22(21(16)30)23(37)33-19-11-15(26(40)35(4)5)7-9-18(19)32-24(38)25(39)34-20-10-8-17(29)12-31-20/h8,10,12,14-15,18-19H,7,9,11,13H2,1-6H3,(H,32,38)(H,33,37)(H,31,34,39)/t15-,18-,19+/m0/s1. The average Bonchev–Trinajstić information content (AvgIpc) is 3.28. The number of pyridine rings is 1. The fraction of sp³-hybridized carbons (Fsp3) is 0.500. The third kappa shape index (κ3) is 9.54. The first kappa shape index (κ1) is 34.1. The number of carbonyl (C=O) groups excluding carboxylic acids is 5. The number of carbonyl (C=O) groups is 5. The SMILES string of the molecule is CN(C)C(=O)[C@H]1CC[C@H](NC(=O)C(=O)Nc2ccc(Cl)cn2)[C@H](NC(=O)c2scc(CN(C)C(=O)OC(C)(C)C)c2Cl)C1. The van der Waals surface area contributed by atoms with Crippen LogP contribution in [0.2, 0.25) is 10.0 Å². The molecule has 0 aromatic carbocycles. The fourth-order valence-electron chi connectivity index (χ4n) is 4.48. The second-order valence-corrected chi connectivity index (χ2v) is 13.2. The third-order valence-electron chi connectivity index (χ3n) is 6.57. The van der Waals surface area contributed by atoms with Crippen LogP contribution >= 0.6 is 34.5 Å². The summed E-state index contributed by atoms with van der Waals surface area (Å²) < 4.78 is 5.38. The molecule has 5 amide bonds. The molecule has 1 fully saturated rings. The van der Waals surface area contributed by atoms with Crippen molar-refractivity contribution in [1.29, 1.82) is 0 Å². The summed E-state index contributed by atoms with van der Waals surface area (Å²) in [6, 6.07) is 1.67. The molecule has 0 spiro atoms. The van der Waals surface area contributed by atoms with Gasteiger partial charge in [-0.1, -0.05) is 23.2 Å². The van der Waals surface area contributed by atoms with Gasteiger partial charge in [0.1, 0.15) is 16.3 Å². The van der Waals surface area contributed by atoms with Crippen LogP contribution in [0, 0.1) is 5.92 Å². The molecule has 3 rings (SSSR count). The van der Waals surface area contributed by atoms with Crippen LogP contribution < -0.4 is 16.0 Å². The highest BCUT2D eigenvalue weighted by atomic mass is 35.5. The number of thiophene rings is 1. The molecule has 1 saturated carbocycles. The van der Waals surface area contributed by atoms with E-state index in [4.69, 9.17) is 27.9 Å². The van der Waals surface area contributed by atoms with Crippen LogP contribution in [0.15, 0.2) is 23.7 Å². The van der Waals surface area contributed by atoms with E-state index >= 15 is 0 Å². The summed E-state index contributed by atoms with van der Waals surface area (Å²) in [5, 5.41) is 10.3. The summed E-state index contributed by atoms with van der Waals surface area (Å²) in [7, 11) is 4.87. The van der Waals surface area contributed by atoms with E-state index in [0.717, 1.165) is 11.3 Å². The number of ether oxygens (including phenoxy) is 1. The van der Waals surface area contributed by atoms with Crippen molar-refractivity contribution in [2.75, 3.05) is 26.5 Å². The zero-order valence-electron chi connectivity index (χ0n) is 24.8. The van der Waals surface area contributed by atoms with Gasteiger partial charge in [-0.25, -0.2) is 9.78 Å². The number of amides is 5. The van der Waals surface area contributed by atoms with Gasteiger partial charge in [0, 0.05) is 44.9 Å². The lowest BCUT2D eigenvalue weighted by Crippen LogP contribution is -2.57. The molecule has 0 unspecified atom stereocenters. The lowest BCUT2D eigenvalue weighted by molar-refractivity contribution is -0.137. The Morgan fingerprint density at radius 2 is 1.72 bits per heavy atom. The molecule has 1 aliphatic carbocycles. The van der Waals surface area contributed by atoms with Crippen LogP contribution in [0.25, 0.3) is 0 Å². The number of nitrogens with one attached hydrogen (secondary N) is 3. The van der Waals surface area contributed by atoms with Crippen LogP contribution in [-0.4, -0.2) is 83.3 Å². The van der Waals surface area contributed by atoms with Gasteiger partial charge in [-0.05, 0) is 57.5 Å². The number of rotatable bonds is 7. The van der Waals surface area contributed by atoms with E-state index in [0.29, 0.717) is 23.4 Å². The molecule has 0 radical (unpaired) electrons. The normalized spacial score (nSPS) is 18.3. The number of anilines is 1. The molecule has 43 heavy (non-hydrogen) atoms. The molecule has 234 valence electrons. The maximum absolute atomic E-state index is 13.4. The Labute approximate surface area is 264 Å². The number of halogens is 2. The molecule has 3 atom stereocenters. The van der Waals surface area contributed by atoms with Gasteiger partial charge in [-0.3, -0.25) is 19.2 Å². The highest BCUT2D eigenvalue weighted by Crippen LogP contribution is 2.31. The Hall–Kier alpha value is -3.42. The van der Waals surface area contributed by atoms with Crippen molar-refractivity contribution in [3.63, 3.8) is 0 Å². The van der Waals surface area contributed by atoms with Crippen LogP contribution in [0.4, 0.5) is 10.6 Å². The van der Waals surface area contributed by atoms with Crippen molar-refractivity contribution in [2.24, 2.45) is 5.92 Å². The minimum atomic E-state index is -0.938. The van der Waals surface area contributed by atoms with Crippen LogP contribution in [0.1, 0.15) is 55.3 Å². The Balaban J connectivity index is 1.72. The summed E-state index contributed by atoms with van der Waals surface area (Å²) >= 11 is 13.5. The van der Waals surface area contributed by atoms with Crippen molar-refractivity contribution >= 4 is 70.1 Å². The van der Waals surface area contributed by atoms with Gasteiger partial charge >= 0.3 is 17.9 Å². The molecule has 0 bridgehead atoms. The number of nitrogens with zero attached hydrogens (tertiary/aromatic N) is 3. The van der Waals surface area contributed by atoms with E-state index in [1.54, 1.807) is 47.3 Å². The smallest absolute Gasteiger partial charge is 0.410 e. The number of hydrogen-bond donors (Lipinski definition) is 3. The predicted molar refractivity (Wildman–Crippen MR) is 164 cm³/mol. The molecule has 3 N–H and O–H groups in total. The van der Waals surface area contributed by atoms with Gasteiger partial charge in [0.15, 0.2) is 0 Å². The summed E-state index contributed by atoms with van der Waals surface area (Å²) in [4.78, 5) is 70.9. The van der Waals surface area contributed by atoms with Crippen molar-refractivity contribution in [1.82, 2.24) is 25.4 Å². The number of hydrogen-bond acceptors (Lipinski definition) is 8. The van der Waals surface area contributed by atoms with Crippen LogP contribution in [-0.2, 0) is 25.7 Å². The molecule has 1 aliphatic rings. The highest BCUT2D eigenvalue weighted by Gasteiger charge is 2.37. The van der Waals surface area contributed by atoms with Crippen molar-refractivity contribution in [3.05, 3.63) is 44.2 Å². The fourth-order valence-corrected chi connectivity index (χ4v) is 5.85. The number of aromatic nitrogens is 1. The molecular weight excluding hydrogens is 619 g/mol. The lowest BCUT2D eigenvalue weighted by Gasteiger charge is -2.37. The summed E-state index contributed by atoms with van der Waals surface area (Å²) in [5.41, 5.74) is -0.105. The Morgan fingerprint density at radius 1 is 1.02 bits per heavy atom. The van der Waals surface area contributed by atoms with Gasteiger partial charge in [-0.15, -0.1) is 11.3 Å². The zero-order chi connectivity index (χ0) is 32.1. The molecule has 2 aromatic rings. The molecule has 2 aromatic heterocycles. The maximum Gasteiger partial charge on any atom is 0.410 e. The van der Waals surface area contributed by atoms with E-state index in [9.17, 15) is 24.0 Å². The monoisotopic (exact) mass is 654 g/mol. The minimum absolute atomic E-state index is 0.0998. The van der Waals surface area contributed by atoms with E-state index < -0.39 is 47.4 Å².